The number of carbonyl (C=O) groups excluding carboxylic acids is 1. The highest BCUT2D eigenvalue weighted by molar-refractivity contribution is 5.85. The molecule has 2 atom stereocenters. The minimum atomic E-state index is -1.10. The molecule has 3 N–H and O–H groups in total. The van der Waals surface area contributed by atoms with Gasteiger partial charge >= 0.3 is 5.97 Å². The fourth-order valence-electron chi connectivity index (χ4n) is 2.11. The molecule has 0 fully saturated rings. The molecule has 0 aromatic heterocycles. The lowest BCUT2D eigenvalue weighted by Gasteiger charge is -2.30. The number of aliphatic carboxylic acids is 1. The predicted molar refractivity (Wildman–Crippen MR) is 74.2 cm³/mol. The molecule has 2 rings (SSSR count). The summed E-state index contributed by atoms with van der Waals surface area (Å²) in [5.41, 5.74) is 5.56. The second-order valence-electron chi connectivity index (χ2n) is 4.92. The minimum Gasteiger partial charge on any atom is -0.486 e. The quantitative estimate of drug-likeness (QED) is 0.797. The molecule has 0 spiro atoms. The van der Waals surface area contributed by atoms with E-state index in [0.717, 1.165) is 0 Å². The Hall–Kier alpha value is -2.28. The molecular weight excluding hydrogens is 276 g/mol. The Balaban J connectivity index is 1.90. The van der Waals surface area contributed by atoms with Gasteiger partial charge in [-0.15, -0.1) is 0 Å². The summed E-state index contributed by atoms with van der Waals surface area (Å²) in [6.45, 7) is 0.600. The molecule has 1 amide bonds. The summed E-state index contributed by atoms with van der Waals surface area (Å²) in [6, 6.07) is 6.23. The summed E-state index contributed by atoms with van der Waals surface area (Å²) in [7, 11) is 1.56. The summed E-state index contributed by atoms with van der Waals surface area (Å²) < 4.78 is 11.3. The van der Waals surface area contributed by atoms with Gasteiger partial charge in [-0.25, -0.2) is 0 Å². The molecule has 21 heavy (non-hydrogen) atoms. The van der Waals surface area contributed by atoms with E-state index in [-0.39, 0.29) is 12.6 Å². The zero-order valence-electron chi connectivity index (χ0n) is 11.7. The standard InChI is InChI=1S/C14H18N2O5/c1-16(14(19)10(15)6-13(17)18)7-9-8-20-11-4-2-3-5-12(11)21-9/h2-5,9-10H,6-8,15H2,1H3,(H,17,18). The summed E-state index contributed by atoms with van der Waals surface area (Å²) in [4.78, 5) is 23.9. The zero-order valence-corrected chi connectivity index (χ0v) is 11.7. The second-order valence-corrected chi connectivity index (χ2v) is 4.92. The molecular formula is C14H18N2O5. The van der Waals surface area contributed by atoms with Crippen LogP contribution < -0.4 is 15.2 Å². The number of carbonyl (C=O) groups is 2. The monoisotopic (exact) mass is 294 g/mol. The van der Waals surface area contributed by atoms with Crippen molar-refractivity contribution in [2.45, 2.75) is 18.6 Å². The normalized spacial score (nSPS) is 17.9. The van der Waals surface area contributed by atoms with Crippen LogP contribution in [0.25, 0.3) is 0 Å². The van der Waals surface area contributed by atoms with Crippen molar-refractivity contribution in [3.8, 4) is 11.5 Å². The SMILES string of the molecule is CN(CC1COc2ccccc2O1)C(=O)C(N)CC(=O)O. The van der Waals surface area contributed by atoms with Crippen molar-refractivity contribution >= 4 is 11.9 Å². The van der Waals surface area contributed by atoms with Gasteiger partial charge in [-0.1, -0.05) is 12.1 Å². The van der Waals surface area contributed by atoms with Crippen LogP contribution in [-0.2, 0) is 9.59 Å². The van der Waals surface area contributed by atoms with Gasteiger partial charge in [0.1, 0.15) is 6.61 Å². The van der Waals surface area contributed by atoms with Gasteiger partial charge in [0.2, 0.25) is 5.91 Å². The van der Waals surface area contributed by atoms with Crippen molar-refractivity contribution in [1.82, 2.24) is 4.90 Å². The molecule has 7 nitrogen and oxygen atoms in total. The lowest BCUT2D eigenvalue weighted by Crippen LogP contribution is -2.48. The van der Waals surface area contributed by atoms with Crippen LogP contribution in [0.4, 0.5) is 0 Å². The number of nitrogens with two attached hydrogens (primary N) is 1. The Kier molecular flexibility index (Phi) is 4.64. The van der Waals surface area contributed by atoms with Crippen LogP contribution in [0.2, 0.25) is 0 Å². The molecule has 1 aliphatic rings. The summed E-state index contributed by atoms with van der Waals surface area (Å²) in [5.74, 6) is -0.231. The van der Waals surface area contributed by atoms with Gasteiger partial charge in [0.25, 0.3) is 0 Å². The first-order valence-corrected chi connectivity index (χ1v) is 6.58. The number of carboxylic acids is 1. The van der Waals surface area contributed by atoms with E-state index in [4.69, 9.17) is 20.3 Å². The number of nitrogens with zero attached hydrogens (tertiary/aromatic N) is 1. The maximum absolute atomic E-state index is 11.9. The van der Waals surface area contributed by atoms with E-state index in [0.29, 0.717) is 18.1 Å². The topological polar surface area (TPSA) is 102 Å². The largest absolute Gasteiger partial charge is 0.486 e. The average molecular weight is 294 g/mol. The highest BCUT2D eigenvalue weighted by atomic mass is 16.6. The van der Waals surface area contributed by atoms with Gasteiger partial charge in [-0.05, 0) is 12.1 Å². The van der Waals surface area contributed by atoms with Crippen molar-refractivity contribution < 1.29 is 24.2 Å². The summed E-state index contributed by atoms with van der Waals surface area (Å²) in [6.07, 6.45) is -0.709. The Morgan fingerprint density at radius 1 is 1.43 bits per heavy atom. The number of amides is 1. The van der Waals surface area contributed by atoms with Gasteiger partial charge in [0.05, 0.1) is 19.0 Å². The highest BCUT2D eigenvalue weighted by Crippen LogP contribution is 2.30. The number of ether oxygens (including phenoxy) is 2. The molecule has 0 radical (unpaired) electrons. The fourth-order valence-corrected chi connectivity index (χ4v) is 2.11. The Bertz CT molecular complexity index is 534. The Morgan fingerprint density at radius 3 is 2.76 bits per heavy atom. The van der Waals surface area contributed by atoms with Crippen LogP contribution in [-0.4, -0.2) is 54.2 Å². The Morgan fingerprint density at radius 2 is 2.10 bits per heavy atom. The third kappa shape index (κ3) is 3.85. The van der Waals surface area contributed by atoms with Crippen molar-refractivity contribution in [2.24, 2.45) is 5.73 Å². The number of benzene rings is 1. The van der Waals surface area contributed by atoms with Crippen molar-refractivity contribution in [3.63, 3.8) is 0 Å². The average Bonchev–Trinajstić information content (AvgIpc) is 2.45. The molecule has 1 aromatic carbocycles. The number of carboxylic acid groups (broad SMARTS) is 1. The van der Waals surface area contributed by atoms with Crippen molar-refractivity contribution in [2.75, 3.05) is 20.2 Å². The van der Waals surface area contributed by atoms with E-state index < -0.39 is 24.3 Å². The van der Waals surface area contributed by atoms with Crippen LogP contribution in [0.5, 0.6) is 11.5 Å². The minimum absolute atomic E-state index is 0.278. The lowest BCUT2D eigenvalue weighted by molar-refractivity contribution is -0.142. The van der Waals surface area contributed by atoms with E-state index in [1.165, 1.54) is 4.90 Å². The lowest BCUT2D eigenvalue weighted by atomic mass is 10.2. The summed E-state index contributed by atoms with van der Waals surface area (Å²) >= 11 is 0. The van der Waals surface area contributed by atoms with Crippen LogP contribution in [0, 0.1) is 0 Å². The number of fused-ring (bicyclic) bond motifs is 1. The van der Waals surface area contributed by atoms with Crippen molar-refractivity contribution in [1.29, 1.82) is 0 Å². The molecule has 0 bridgehead atoms. The predicted octanol–water partition coefficient (Wildman–Crippen LogP) is 0.0868. The number of para-hydroxylation sites is 2. The van der Waals surface area contributed by atoms with Crippen LogP contribution in [0.1, 0.15) is 6.42 Å². The number of hydrogen-bond donors (Lipinski definition) is 2. The number of hydrogen-bond acceptors (Lipinski definition) is 5. The highest BCUT2D eigenvalue weighted by Gasteiger charge is 2.26. The van der Waals surface area contributed by atoms with Crippen LogP contribution >= 0.6 is 0 Å². The molecule has 1 aromatic rings. The van der Waals surface area contributed by atoms with Gasteiger partial charge in [0.15, 0.2) is 17.6 Å². The first-order valence-electron chi connectivity index (χ1n) is 6.58. The van der Waals surface area contributed by atoms with Crippen molar-refractivity contribution in [3.05, 3.63) is 24.3 Å². The Labute approximate surface area is 122 Å². The first-order chi connectivity index (χ1) is 9.97. The van der Waals surface area contributed by atoms with E-state index >= 15 is 0 Å². The molecule has 1 aliphatic heterocycles. The molecule has 0 aliphatic carbocycles. The van der Waals surface area contributed by atoms with Crippen LogP contribution in [0.3, 0.4) is 0 Å². The molecule has 0 saturated heterocycles. The maximum atomic E-state index is 11.9. The van der Waals surface area contributed by atoms with E-state index in [2.05, 4.69) is 0 Å². The fraction of sp³-hybridized carbons (Fsp3) is 0.429. The van der Waals surface area contributed by atoms with Gasteiger partial charge in [0, 0.05) is 7.05 Å². The van der Waals surface area contributed by atoms with Gasteiger partial charge < -0.3 is 25.2 Å². The molecule has 1 heterocycles. The van der Waals surface area contributed by atoms with E-state index in [9.17, 15) is 9.59 Å². The summed E-state index contributed by atoms with van der Waals surface area (Å²) in [5, 5.41) is 8.65. The van der Waals surface area contributed by atoms with E-state index in [1.54, 1.807) is 13.1 Å². The van der Waals surface area contributed by atoms with Gasteiger partial charge in [-0.2, -0.15) is 0 Å². The zero-order chi connectivity index (χ0) is 15.4. The van der Waals surface area contributed by atoms with E-state index in [1.807, 2.05) is 18.2 Å². The smallest absolute Gasteiger partial charge is 0.305 e. The molecule has 2 unspecified atom stereocenters. The second kappa shape index (κ2) is 6.45. The first kappa shape index (κ1) is 15.1. The molecule has 114 valence electrons. The number of likely N-dealkylation sites (N-methyl/N-ethyl adjacent to an activating group) is 1. The molecule has 0 saturated carbocycles. The maximum Gasteiger partial charge on any atom is 0.305 e. The third-order valence-electron chi connectivity index (χ3n) is 3.13. The van der Waals surface area contributed by atoms with Crippen LogP contribution in [0.15, 0.2) is 24.3 Å². The van der Waals surface area contributed by atoms with Gasteiger partial charge in [-0.3, -0.25) is 9.59 Å². The molecule has 7 heteroatoms. The third-order valence-corrected chi connectivity index (χ3v) is 3.13. The number of rotatable bonds is 5.